The summed E-state index contributed by atoms with van der Waals surface area (Å²) in [7, 11) is 0. The molecule has 1 fully saturated rings. The average Bonchev–Trinajstić information content (AvgIpc) is 3.03. The van der Waals surface area contributed by atoms with E-state index in [0.29, 0.717) is 12.6 Å². The number of carbonyl (C=O) groups is 1. The summed E-state index contributed by atoms with van der Waals surface area (Å²) in [5, 5.41) is 16.8. The van der Waals surface area contributed by atoms with Crippen molar-refractivity contribution in [2.45, 2.75) is 38.3 Å². The van der Waals surface area contributed by atoms with Gasteiger partial charge in [0, 0.05) is 24.3 Å². The van der Waals surface area contributed by atoms with Crippen molar-refractivity contribution in [3.63, 3.8) is 0 Å². The van der Waals surface area contributed by atoms with Crippen molar-refractivity contribution in [2.75, 3.05) is 0 Å². The van der Waals surface area contributed by atoms with Gasteiger partial charge in [0.25, 0.3) is 0 Å². The van der Waals surface area contributed by atoms with E-state index in [1.165, 1.54) is 12.1 Å². The van der Waals surface area contributed by atoms with Gasteiger partial charge in [-0.2, -0.15) is 5.10 Å². The Labute approximate surface area is 134 Å². The third-order valence-electron chi connectivity index (χ3n) is 4.40. The van der Waals surface area contributed by atoms with Crippen LogP contribution in [-0.2, 0) is 11.3 Å². The predicted molar refractivity (Wildman–Crippen MR) is 83.7 cm³/mol. The molecule has 1 aromatic heterocycles. The molecule has 0 bridgehead atoms. The summed E-state index contributed by atoms with van der Waals surface area (Å²) in [4.78, 5) is 10.9. The fourth-order valence-electron chi connectivity index (χ4n) is 2.99. The van der Waals surface area contributed by atoms with Gasteiger partial charge in [-0.3, -0.25) is 4.79 Å². The van der Waals surface area contributed by atoms with Gasteiger partial charge in [0.15, 0.2) is 0 Å². The molecule has 0 unspecified atom stereocenters. The second-order valence-corrected chi connectivity index (χ2v) is 6.04. The van der Waals surface area contributed by atoms with Crippen molar-refractivity contribution in [1.82, 2.24) is 15.1 Å². The van der Waals surface area contributed by atoms with Gasteiger partial charge >= 0.3 is 5.97 Å². The van der Waals surface area contributed by atoms with Crippen LogP contribution in [0, 0.1) is 11.7 Å². The summed E-state index contributed by atoms with van der Waals surface area (Å²) in [6, 6.07) is 6.56. The van der Waals surface area contributed by atoms with Crippen molar-refractivity contribution < 1.29 is 14.3 Å². The molecule has 2 N–H and O–H groups in total. The van der Waals surface area contributed by atoms with Gasteiger partial charge in [0.05, 0.1) is 17.8 Å². The first-order valence-corrected chi connectivity index (χ1v) is 7.87. The van der Waals surface area contributed by atoms with E-state index in [-0.39, 0.29) is 11.7 Å². The highest BCUT2D eigenvalue weighted by Crippen LogP contribution is 2.24. The molecule has 6 heteroatoms. The van der Waals surface area contributed by atoms with Crippen LogP contribution < -0.4 is 5.32 Å². The molecule has 1 aromatic carbocycles. The number of carboxylic acid groups (broad SMARTS) is 1. The zero-order valence-electron chi connectivity index (χ0n) is 12.8. The van der Waals surface area contributed by atoms with Crippen LogP contribution in [0.25, 0.3) is 5.69 Å². The van der Waals surface area contributed by atoms with E-state index in [4.69, 9.17) is 5.11 Å². The number of nitrogens with one attached hydrogen (secondary N) is 1. The van der Waals surface area contributed by atoms with Crippen molar-refractivity contribution in [3.8, 4) is 5.69 Å². The lowest BCUT2D eigenvalue weighted by Crippen LogP contribution is -2.34. The Kier molecular flexibility index (Phi) is 4.71. The smallest absolute Gasteiger partial charge is 0.306 e. The Hall–Kier alpha value is -2.21. The lowest BCUT2D eigenvalue weighted by atomic mass is 9.86. The molecule has 122 valence electrons. The number of aliphatic carboxylic acids is 1. The molecule has 0 amide bonds. The van der Waals surface area contributed by atoms with E-state index in [9.17, 15) is 9.18 Å². The number of aromatic nitrogens is 2. The minimum absolute atomic E-state index is 0.186. The summed E-state index contributed by atoms with van der Waals surface area (Å²) in [5.74, 6) is -1.13. The topological polar surface area (TPSA) is 67.2 Å². The largest absolute Gasteiger partial charge is 0.481 e. The van der Waals surface area contributed by atoms with Crippen LogP contribution in [0.15, 0.2) is 36.7 Å². The molecule has 23 heavy (non-hydrogen) atoms. The highest BCUT2D eigenvalue weighted by Gasteiger charge is 2.25. The monoisotopic (exact) mass is 317 g/mol. The maximum atomic E-state index is 12.9. The molecule has 3 rings (SSSR count). The zero-order valence-corrected chi connectivity index (χ0v) is 12.8. The normalized spacial score (nSPS) is 21.3. The number of hydrogen-bond acceptors (Lipinski definition) is 3. The van der Waals surface area contributed by atoms with Crippen molar-refractivity contribution in [1.29, 1.82) is 0 Å². The van der Waals surface area contributed by atoms with Crippen LogP contribution in [0.1, 0.15) is 31.2 Å². The fraction of sp³-hybridized carbons (Fsp3) is 0.412. The zero-order chi connectivity index (χ0) is 16.2. The van der Waals surface area contributed by atoms with Crippen LogP contribution in [0.5, 0.6) is 0 Å². The lowest BCUT2D eigenvalue weighted by Gasteiger charge is -2.26. The molecule has 0 aliphatic heterocycles. The summed E-state index contributed by atoms with van der Waals surface area (Å²) in [6.07, 6.45) is 6.97. The van der Waals surface area contributed by atoms with Gasteiger partial charge in [-0.15, -0.1) is 0 Å². The number of nitrogens with zero attached hydrogens (tertiary/aromatic N) is 2. The van der Waals surface area contributed by atoms with E-state index in [0.717, 1.165) is 36.9 Å². The fourth-order valence-corrected chi connectivity index (χ4v) is 2.99. The minimum Gasteiger partial charge on any atom is -0.481 e. The Bertz CT molecular complexity index is 661. The van der Waals surface area contributed by atoms with Crippen molar-refractivity contribution in [3.05, 3.63) is 48.0 Å². The predicted octanol–water partition coefficient (Wildman–Crippen LogP) is 2.74. The molecule has 0 radical (unpaired) electrons. The summed E-state index contributed by atoms with van der Waals surface area (Å²) in [6.45, 7) is 0.698. The number of benzene rings is 1. The van der Waals surface area contributed by atoms with E-state index < -0.39 is 5.97 Å². The number of rotatable bonds is 5. The molecule has 1 heterocycles. The van der Waals surface area contributed by atoms with Crippen LogP contribution in [0.2, 0.25) is 0 Å². The lowest BCUT2D eigenvalue weighted by molar-refractivity contribution is -0.142. The maximum Gasteiger partial charge on any atom is 0.306 e. The molecule has 0 atom stereocenters. The van der Waals surface area contributed by atoms with Gasteiger partial charge in [-0.05, 0) is 49.9 Å². The van der Waals surface area contributed by atoms with Crippen molar-refractivity contribution >= 4 is 5.97 Å². The Morgan fingerprint density at radius 2 is 1.96 bits per heavy atom. The molecular formula is C17H20FN3O2. The second-order valence-electron chi connectivity index (χ2n) is 6.04. The second kappa shape index (κ2) is 6.91. The SMILES string of the molecule is O=C(O)C1CCC(NCc2cnn(-c3ccc(F)cc3)c2)CC1. The van der Waals surface area contributed by atoms with E-state index in [1.807, 2.05) is 6.20 Å². The highest BCUT2D eigenvalue weighted by molar-refractivity contribution is 5.70. The molecule has 0 spiro atoms. The maximum absolute atomic E-state index is 12.9. The number of halogens is 1. The Morgan fingerprint density at radius 3 is 2.61 bits per heavy atom. The van der Waals surface area contributed by atoms with Gasteiger partial charge < -0.3 is 10.4 Å². The third kappa shape index (κ3) is 3.96. The van der Waals surface area contributed by atoms with E-state index in [2.05, 4.69) is 10.4 Å². The van der Waals surface area contributed by atoms with Crippen molar-refractivity contribution in [2.24, 2.45) is 5.92 Å². The summed E-state index contributed by atoms with van der Waals surface area (Å²) >= 11 is 0. The van der Waals surface area contributed by atoms with E-state index >= 15 is 0 Å². The average molecular weight is 317 g/mol. The van der Waals surface area contributed by atoms with Gasteiger partial charge in [-0.1, -0.05) is 0 Å². The molecule has 0 saturated heterocycles. The number of hydrogen-bond donors (Lipinski definition) is 2. The molecule has 1 aliphatic carbocycles. The van der Waals surface area contributed by atoms with Gasteiger partial charge in [-0.25, -0.2) is 9.07 Å². The Morgan fingerprint density at radius 1 is 1.26 bits per heavy atom. The quantitative estimate of drug-likeness (QED) is 0.890. The molecule has 1 saturated carbocycles. The molecular weight excluding hydrogens is 297 g/mol. The highest BCUT2D eigenvalue weighted by atomic mass is 19.1. The van der Waals surface area contributed by atoms with E-state index in [1.54, 1.807) is 23.0 Å². The first-order valence-electron chi connectivity index (χ1n) is 7.87. The van der Waals surface area contributed by atoms with Gasteiger partial charge in [0.1, 0.15) is 5.82 Å². The summed E-state index contributed by atoms with van der Waals surface area (Å²) < 4.78 is 14.7. The number of carboxylic acids is 1. The standard InChI is InChI=1S/C17H20FN3O2/c18-14-3-7-16(8-4-14)21-11-12(10-20-21)9-19-15-5-1-13(2-6-15)17(22)23/h3-4,7-8,10-11,13,15,19H,1-2,5-6,9H2,(H,22,23). The summed E-state index contributed by atoms with van der Waals surface area (Å²) in [5.41, 5.74) is 1.87. The first kappa shape index (κ1) is 15.7. The first-order chi connectivity index (χ1) is 11.1. The molecule has 2 aromatic rings. The van der Waals surface area contributed by atoms with Crippen LogP contribution >= 0.6 is 0 Å². The Balaban J connectivity index is 1.52. The molecule has 1 aliphatic rings. The molecule has 5 nitrogen and oxygen atoms in total. The van der Waals surface area contributed by atoms with Crippen LogP contribution in [0.4, 0.5) is 4.39 Å². The van der Waals surface area contributed by atoms with Gasteiger partial charge in [0.2, 0.25) is 0 Å². The van der Waals surface area contributed by atoms with Crippen LogP contribution in [0.3, 0.4) is 0 Å². The van der Waals surface area contributed by atoms with Crippen LogP contribution in [-0.4, -0.2) is 26.9 Å². The minimum atomic E-state index is -0.677. The third-order valence-corrected chi connectivity index (χ3v) is 4.40.